The van der Waals surface area contributed by atoms with Gasteiger partial charge in [-0.3, -0.25) is 0 Å². The molecule has 2 saturated heterocycles. The van der Waals surface area contributed by atoms with E-state index in [4.69, 9.17) is 11.6 Å². The second kappa shape index (κ2) is 5.76. The summed E-state index contributed by atoms with van der Waals surface area (Å²) in [5.41, 5.74) is 0.658. The molecule has 1 aromatic carbocycles. The first-order chi connectivity index (χ1) is 9.95. The van der Waals surface area contributed by atoms with E-state index in [0.717, 1.165) is 25.7 Å². The van der Waals surface area contributed by atoms with Crippen LogP contribution in [0.2, 0.25) is 5.02 Å². The summed E-state index contributed by atoms with van der Waals surface area (Å²) in [6.07, 6.45) is 6.03. The van der Waals surface area contributed by atoms with Crippen molar-refractivity contribution in [3.8, 4) is 0 Å². The lowest BCUT2D eigenvalue weighted by atomic mass is 10.1. The highest BCUT2D eigenvalue weighted by Crippen LogP contribution is 2.43. The summed E-state index contributed by atoms with van der Waals surface area (Å²) in [6.45, 7) is 1.78. The largest absolute Gasteiger partial charge is 0.243 e. The summed E-state index contributed by atoms with van der Waals surface area (Å²) in [5, 5.41) is 1.11. The molecule has 21 heavy (non-hydrogen) atoms. The Morgan fingerprint density at radius 1 is 1.24 bits per heavy atom. The smallest absolute Gasteiger partial charge is 0.207 e. The predicted octanol–water partition coefficient (Wildman–Crippen LogP) is 3.70. The van der Waals surface area contributed by atoms with Gasteiger partial charge in [-0.05, 0) is 56.6 Å². The van der Waals surface area contributed by atoms with E-state index in [0.29, 0.717) is 20.7 Å². The van der Waals surface area contributed by atoms with Crippen molar-refractivity contribution < 1.29 is 8.42 Å². The zero-order valence-corrected chi connectivity index (χ0v) is 14.6. The fourth-order valence-corrected chi connectivity index (χ4v) is 6.85. The van der Waals surface area contributed by atoms with Gasteiger partial charge in [0.15, 0.2) is 0 Å². The molecule has 6 heteroatoms. The highest BCUT2D eigenvalue weighted by Gasteiger charge is 2.47. The number of piperidine rings is 1. The molecule has 2 aliphatic heterocycles. The third kappa shape index (κ3) is 2.62. The number of benzene rings is 1. The molecule has 3 nitrogen and oxygen atoms in total. The average molecular weight is 346 g/mol. The van der Waals surface area contributed by atoms with E-state index in [-0.39, 0.29) is 12.1 Å². The van der Waals surface area contributed by atoms with Gasteiger partial charge in [0.05, 0.1) is 4.90 Å². The molecule has 0 aromatic heterocycles. The monoisotopic (exact) mass is 345 g/mol. The molecule has 2 aliphatic rings. The van der Waals surface area contributed by atoms with Crippen LogP contribution in [0.3, 0.4) is 0 Å². The van der Waals surface area contributed by atoms with Crippen molar-refractivity contribution in [2.45, 2.75) is 54.8 Å². The molecule has 0 aliphatic carbocycles. The van der Waals surface area contributed by atoms with Crippen molar-refractivity contribution in [3.05, 3.63) is 28.8 Å². The number of rotatable bonds is 3. The number of hydrogen-bond acceptors (Lipinski definition) is 3. The van der Waals surface area contributed by atoms with E-state index >= 15 is 0 Å². The van der Waals surface area contributed by atoms with E-state index < -0.39 is 10.0 Å². The first-order valence-corrected chi connectivity index (χ1v) is 10.4. The SMILES string of the molecule is CSC1CC2CCC(C1)N2S(=O)(=O)c1cccc(Cl)c1C. The molecule has 3 rings (SSSR count). The molecule has 0 radical (unpaired) electrons. The van der Waals surface area contributed by atoms with Crippen LogP contribution in [0.25, 0.3) is 0 Å². The summed E-state index contributed by atoms with van der Waals surface area (Å²) < 4.78 is 27.9. The molecular weight excluding hydrogens is 326 g/mol. The quantitative estimate of drug-likeness (QED) is 0.838. The Morgan fingerprint density at radius 3 is 2.43 bits per heavy atom. The molecular formula is C15H20ClNO2S2. The normalized spacial score (nSPS) is 29.8. The van der Waals surface area contributed by atoms with Crippen LogP contribution < -0.4 is 0 Å². The molecule has 0 N–H and O–H groups in total. The van der Waals surface area contributed by atoms with Gasteiger partial charge in [-0.25, -0.2) is 8.42 Å². The van der Waals surface area contributed by atoms with Crippen molar-refractivity contribution in [1.29, 1.82) is 0 Å². The third-order valence-corrected chi connectivity index (χ3v) is 8.34. The number of fused-ring (bicyclic) bond motifs is 2. The van der Waals surface area contributed by atoms with Crippen LogP contribution in [0.5, 0.6) is 0 Å². The van der Waals surface area contributed by atoms with Crippen LogP contribution in [0, 0.1) is 6.92 Å². The van der Waals surface area contributed by atoms with Gasteiger partial charge in [-0.2, -0.15) is 16.1 Å². The van der Waals surface area contributed by atoms with E-state index in [9.17, 15) is 8.42 Å². The summed E-state index contributed by atoms with van der Waals surface area (Å²) in [4.78, 5) is 0.370. The zero-order chi connectivity index (χ0) is 15.2. The van der Waals surface area contributed by atoms with Gasteiger partial charge >= 0.3 is 0 Å². The van der Waals surface area contributed by atoms with Gasteiger partial charge in [-0.1, -0.05) is 17.7 Å². The number of halogens is 1. The van der Waals surface area contributed by atoms with Crippen LogP contribution in [-0.4, -0.2) is 36.3 Å². The summed E-state index contributed by atoms with van der Waals surface area (Å²) in [7, 11) is -3.44. The van der Waals surface area contributed by atoms with Crippen molar-refractivity contribution in [2.24, 2.45) is 0 Å². The van der Waals surface area contributed by atoms with Gasteiger partial charge < -0.3 is 0 Å². The van der Waals surface area contributed by atoms with E-state index in [1.54, 1.807) is 29.4 Å². The van der Waals surface area contributed by atoms with Crippen LogP contribution in [0.15, 0.2) is 23.1 Å². The molecule has 2 heterocycles. The molecule has 0 amide bonds. The Morgan fingerprint density at radius 2 is 1.86 bits per heavy atom. The van der Waals surface area contributed by atoms with Crippen LogP contribution in [0.1, 0.15) is 31.2 Å². The predicted molar refractivity (Wildman–Crippen MR) is 88.6 cm³/mol. The fourth-order valence-electron chi connectivity index (χ4n) is 3.65. The second-order valence-electron chi connectivity index (χ2n) is 5.91. The zero-order valence-electron chi connectivity index (χ0n) is 12.3. The summed E-state index contributed by atoms with van der Waals surface area (Å²) in [5.74, 6) is 0. The Kier molecular flexibility index (Phi) is 4.30. The Bertz CT molecular complexity index is 633. The Hall–Kier alpha value is -0.230. The lowest BCUT2D eigenvalue weighted by Gasteiger charge is -2.37. The van der Waals surface area contributed by atoms with Gasteiger partial charge in [0.2, 0.25) is 10.0 Å². The number of nitrogens with zero attached hydrogens (tertiary/aromatic N) is 1. The highest BCUT2D eigenvalue weighted by atomic mass is 35.5. The fraction of sp³-hybridized carbons (Fsp3) is 0.600. The molecule has 2 bridgehead atoms. The van der Waals surface area contributed by atoms with Crippen LogP contribution >= 0.6 is 23.4 Å². The van der Waals surface area contributed by atoms with E-state index in [1.807, 2.05) is 11.8 Å². The van der Waals surface area contributed by atoms with Gasteiger partial charge in [-0.15, -0.1) is 0 Å². The Labute approximate surface area is 136 Å². The minimum absolute atomic E-state index is 0.157. The standard InChI is InChI=1S/C15H20ClNO2S2/c1-10-14(16)4-3-5-15(10)21(18,19)17-11-6-7-12(17)9-13(8-11)20-2/h3-5,11-13H,6-9H2,1-2H3. The highest BCUT2D eigenvalue weighted by molar-refractivity contribution is 7.99. The second-order valence-corrected chi connectivity index (χ2v) is 9.27. The molecule has 116 valence electrons. The minimum Gasteiger partial charge on any atom is -0.207 e. The van der Waals surface area contributed by atoms with Gasteiger partial charge in [0, 0.05) is 22.4 Å². The lowest BCUT2D eigenvalue weighted by molar-refractivity contribution is 0.253. The number of thioether (sulfide) groups is 1. The minimum atomic E-state index is -3.44. The molecule has 1 aromatic rings. The summed E-state index contributed by atoms with van der Waals surface area (Å²) in [6, 6.07) is 5.45. The van der Waals surface area contributed by atoms with Crippen molar-refractivity contribution in [1.82, 2.24) is 4.31 Å². The molecule has 2 unspecified atom stereocenters. The summed E-state index contributed by atoms with van der Waals surface area (Å²) >= 11 is 7.97. The maximum Gasteiger partial charge on any atom is 0.243 e. The number of hydrogen-bond donors (Lipinski definition) is 0. The third-order valence-electron chi connectivity index (χ3n) is 4.73. The van der Waals surface area contributed by atoms with Crippen molar-refractivity contribution in [2.75, 3.05) is 6.26 Å². The van der Waals surface area contributed by atoms with Crippen LogP contribution in [0.4, 0.5) is 0 Å². The van der Waals surface area contributed by atoms with Crippen molar-refractivity contribution in [3.63, 3.8) is 0 Å². The maximum atomic E-state index is 13.1. The van der Waals surface area contributed by atoms with E-state index in [1.165, 1.54) is 0 Å². The van der Waals surface area contributed by atoms with Gasteiger partial charge in [0.1, 0.15) is 0 Å². The first-order valence-electron chi connectivity index (χ1n) is 7.26. The Balaban J connectivity index is 1.98. The van der Waals surface area contributed by atoms with Crippen LogP contribution in [-0.2, 0) is 10.0 Å². The molecule has 0 spiro atoms. The number of sulfonamides is 1. The first kappa shape index (κ1) is 15.7. The maximum absolute atomic E-state index is 13.1. The molecule has 2 fully saturated rings. The van der Waals surface area contributed by atoms with Crippen molar-refractivity contribution >= 4 is 33.4 Å². The topological polar surface area (TPSA) is 37.4 Å². The van der Waals surface area contributed by atoms with E-state index in [2.05, 4.69) is 6.26 Å². The molecule has 0 saturated carbocycles. The molecule has 2 atom stereocenters. The lowest BCUT2D eigenvalue weighted by Crippen LogP contribution is -2.47. The van der Waals surface area contributed by atoms with Gasteiger partial charge in [0.25, 0.3) is 0 Å². The average Bonchev–Trinajstić information content (AvgIpc) is 2.74.